The van der Waals surface area contributed by atoms with Gasteiger partial charge in [0.25, 0.3) is 0 Å². The summed E-state index contributed by atoms with van der Waals surface area (Å²) in [6, 6.07) is 0. The molecule has 1 unspecified atom stereocenters. The lowest BCUT2D eigenvalue weighted by Crippen LogP contribution is -2.44. The Morgan fingerprint density at radius 2 is 2.00 bits per heavy atom. The molecule has 0 bridgehead atoms. The number of carbonyl (C=O) groups is 1. The van der Waals surface area contributed by atoms with E-state index in [0.29, 0.717) is 25.8 Å². The van der Waals surface area contributed by atoms with Crippen LogP contribution in [0.2, 0.25) is 0 Å². The lowest BCUT2D eigenvalue weighted by Gasteiger charge is -2.26. The number of β-amino-alcohol motifs (C(OH)–C–C–N with tert-alkyl or cyclic N) is 1. The predicted molar refractivity (Wildman–Crippen MR) is 58.6 cm³/mol. The first-order chi connectivity index (χ1) is 7.50. The van der Waals surface area contributed by atoms with Crippen molar-refractivity contribution in [2.24, 2.45) is 0 Å². The summed E-state index contributed by atoms with van der Waals surface area (Å²) in [5.41, 5.74) is 0. The highest BCUT2D eigenvalue weighted by Crippen LogP contribution is 2.23. The molecule has 6 heteroatoms. The number of sulfone groups is 1. The van der Waals surface area contributed by atoms with Gasteiger partial charge in [0.05, 0.1) is 11.9 Å². The van der Waals surface area contributed by atoms with Gasteiger partial charge in [-0.2, -0.15) is 0 Å². The highest BCUT2D eigenvalue weighted by Gasteiger charge is 2.39. The molecule has 0 aromatic carbocycles. The Morgan fingerprint density at radius 3 is 2.56 bits per heavy atom. The number of nitrogens with zero attached hydrogens (tertiary/aromatic N) is 1. The average molecular weight is 247 g/mol. The third-order valence-corrected chi connectivity index (χ3v) is 5.49. The minimum atomic E-state index is -3.25. The van der Waals surface area contributed by atoms with Gasteiger partial charge in [0.15, 0.2) is 9.84 Å². The lowest BCUT2D eigenvalue weighted by molar-refractivity contribution is -0.130. The maximum atomic E-state index is 12.0. The second-order valence-electron chi connectivity index (χ2n) is 4.58. The van der Waals surface area contributed by atoms with E-state index < -0.39 is 21.2 Å². The number of likely N-dealkylation sites (tertiary alicyclic amines) is 1. The van der Waals surface area contributed by atoms with Crippen LogP contribution in [-0.4, -0.2) is 54.5 Å². The van der Waals surface area contributed by atoms with Gasteiger partial charge in [-0.3, -0.25) is 4.79 Å². The van der Waals surface area contributed by atoms with Crippen molar-refractivity contribution in [1.82, 2.24) is 4.90 Å². The Bertz CT molecular complexity index is 378. The zero-order valence-corrected chi connectivity index (χ0v) is 9.95. The maximum Gasteiger partial charge on any atom is 0.240 e. The van der Waals surface area contributed by atoms with E-state index in [4.69, 9.17) is 0 Å². The fraction of sp³-hybridized carbons (Fsp3) is 0.900. The van der Waals surface area contributed by atoms with Gasteiger partial charge >= 0.3 is 0 Å². The number of rotatable bonds is 1. The molecule has 2 atom stereocenters. The zero-order chi connectivity index (χ0) is 11.8. The molecule has 0 saturated carbocycles. The summed E-state index contributed by atoms with van der Waals surface area (Å²) in [4.78, 5) is 13.5. The first-order valence-electron chi connectivity index (χ1n) is 5.69. The van der Waals surface area contributed by atoms with E-state index in [1.165, 1.54) is 4.90 Å². The monoisotopic (exact) mass is 247 g/mol. The molecule has 92 valence electrons. The molecule has 0 aliphatic carbocycles. The zero-order valence-electron chi connectivity index (χ0n) is 9.13. The van der Waals surface area contributed by atoms with Gasteiger partial charge in [-0.1, -0.05) is 6.42 Å². The van der Waals surface area contributed by atoms with Gasteiger partial charge < -0.3 is 10.0 Å². The molecule has 16 heavy (non-hydrogen) atoms. The number of hydrogen-bond donors (Lipinski definition) is 1. The molecule has 2 rings (SSSR count). The summed E-state index contributed by atoms with van der Waals surface area (Å²) in [6.07, 6.45) is 1.96. The van der Waals surface area contributed by atoms with E-state index in [-0.39, 0.29) is 18.2 Å². The summed E-state index contributed by atoms with van der Waals surface area (Å²) < 4.78 is 23.5. The smallest absolute Gasteiger partial charge is 0.240 e. The largest absolute Gasteiger partial charge is 0.391 e. The first-order valence-corrected chi connectivity index (χ1v) is 7.40. The van der Waals surface area contributed by atoms with Crippen molar-refractivity contribution in [3.63, 3.8) is 0 Å². The molecule has 2 heterocycles. The fourth-order valence-corrected chi connectivity index (χ4v) is 4.25. The molecule has 0 aromatic rings. The maximum absolute atomic E-state index is 12.0. The first kappa shape index (κ1) is 11.9. The lowest BCUT2D eigenvalue weighted by atomic mass is 10.2. The topological polar surface area (TPSA) is 74.7 Å². The summed E-state index contributed by atoms with van der Waals surface area (Å²) in [6.45, 7) is 0.761. The molecule has 1 amide bonds. The second-order valence-corrected chi connectivity index (χ2v) is 6.88. The Labute approximate surface area is 95.4 Å². The minimum absolute atomic E-state index is 0.125. The van der Waals surface area contributed by atoms with E-state index in [1.54, 1.807) is 0 Å². The molecule has 2 aliphatic heterocycles. The van der Waals surface area contributed by atoms with Crippen LogP contribution >= 0.6 is 0 Å². The van der Waals surface area contributed by atoms with Crippen LogP contribution in [0.3, 0.4) is 0 Å². The van der Waals surface area contributed by atoms with Crippen LogP contribution in [0.25, 0.3) is 0 Å². The van der Waals surface area contributed by atoms with Crippen molar-refractivity contribution in [2.75, 3.05) is 18.8 Å². The van der Waals surface area contributed by atoms with Crippen LogP contribution in [0.15, 0.2) is 0 Å². The number of aliphatic hydroxyl groups excluding tert-OH is 1. The van der Waals surface area contributed by atoms with Crippen molar-refractivity contribution in [3.8, 4) is 0 Å². The Balaban J connectivity index is 2.09. The number of carbonyl (C=O) groups excluding carboxylic acids is 1. The van der Waals surface area contributed by atoms with Gasteiger partial charge in [0, 0.05) is 13.1 Å². The summed E-state index contributed by atoms with van der Waals surface area (Å²) >= 11 is 0. The van der Waals surface area contributed by atoms with Crippen molar-refractivity contribution in [3.05, 3.63) is 0 Å². The van der Waals surface area contributed by atoms with Crippen molar-refractivity contribution < 1.29 is 18.3 Å². The van der Waals surface area contributed by atoms with Crippen molar-refractivity contribution in [1.29, 1.82) is 0 Å². The Morgan fingerprint density at radius 1 is 1.25 bits per heavy atom. The van der Waals surface area contributed by atoms with E-state index in [1.807, 2.05) is 0 Å². The fourth-order valence-electron chi connectivity index (χ4n) is 2.38. The predicted octanol–water partition coefficient (Wildman–Crippen LogP) is -0.453. The van der Waals surface area contributed by atoms with Crippen LogP contribution in [0.1, 0.15) is 25.7 Å². The van der Waals surface area contributed by atoms with Crippen LogP contribution in [0.4, 0.5) is 0 Å². The van der Waals surface area contributed by atoms with Crippen LogP contribution in [-0.2, 0) is 14.6 Å². The highest BCUT2D eigenvalue weighted by molar-refractivity contribution is 7.92. The molecule has 5 nitrogen and oxygen atoms in total. The standard InChI is InChI=1S/C10H17NO4S/c12-8-4-5-11(7-8)10(13)9-3-1-2-6-16(9,14)15/h8-9,12H,1-7H2/t8-,9?/m0/s1. The van der Waals surface area contributed by atoms with Crippen LogP contribution in [0.5, 0.6) is 0 Å². The van der Waals surface area contributed by atoms with E-state index in [9.17, 15) is 18.3 Å². The van der Waals surface area contributed by atoms with Gasteiger partial charge in [0.1, 0.15) is 5.25 Å². The third-order valence-electron chi connectivity index (χ3n) is 3.33. The Kier molecular flexibility index (Phi) is 3.21. The van der Waals surface area contributed by atoms with Gasteiger partial charge in [-0.25, -0.2) is 8.42 Å². The normalized spacial score (nSPS) is 33.9. The molecule has 2 saturated heterocycles. The molecule has 2 aliphatic rings. The molecular weight excluding hydrogens is 230 g/mol. The Hall–Kier alpha value is -0.620. The highest BCUT2D eigenvalue weighted by atomic mass is 32.2. The summed E-state index contributed by atoms with van der Waals surface area (Å²) in [5.74, 6) is -0.184. The molecule has 0 aromatic heterocycles. The van der Waals surface area contributed by atoms with E-state index in [0.717, 1.165) is 6.42 Å². The molecule has 0 spiro atoms. The number of amides is 1. The van der Waals surface area contributed by atoms with Crippen LogP contribution < -0.4 is 0 Å². The van der Waals surface area contributed by atoms with Crippen molar-refractivity contribution >= 4 is 15.7 Å². The quantitative estimate of drug-likeness (QED) is 0.681. The number of aliphatic hydroxyl groups is 1. The van der Waals surface area contributed by atoms with Gasteiger partial charge in [0.2, 0.25) is 5.91 Å². The molecule has 1 N–H and O–H groups in total. The third kappa shape index (κ3) is 2.22. The average Bonchev–Trinajstić information content (AvgIpc) is 2.63. The minimum Gasteiger partial charge on any atom is -0.391 e. The van der Waals surface area contributed by atoms with Crippen LogP contribution in [0, 0.1) is 0 Å². The number of hydrogen-bond acceptors (Lipinski definition) is 4. The second kappa shape index (κ2) is 4.33. The SMILES string of the molecule is O=C(C1CCCCS1(=O)=O)N1CC[C@H](O)C1. The van der Waals surface area contributed by atoms with Gasteiger partial charge in [-0.15, -0.1) is 0 Å². The van der Waals surface area contributed by atoms with E-state index in [2.05, 4.69) is 0 Å². The van der Waals surface area contributed by atoms with E-state index >= 15 is 0 Å². The van der Waals surface area contributed by atoms with Gasteiger partial charge in [-0.05, 0) is 19.3 Å². The molecule has 2 fully saturated rings. The molecular formula is C10H17NO4S. The summed E-state index contributed by atoms with van der Waals surface area (Å²) in [7, 11) is -3.25. The van der Waals surface area contributed by atoms with Crippen molar-refractivity contribution in [2.45, 2.75) is 37.0 Å². The molecule has 0 radical (unpaired) electrons. The summed E-state index contributed by atoms with van der Waals surface area (Å²) in [5, 5.41) is 8.48.